The minimum absolute atomic E-state index is 1.20. The molecule has 0 aliphatic rings. The standard InChI is InChI=1S/C35H66N/c1-4-7-10-13-16-18-20-22-25-28-34-30-32-36(31-27-24-15-12-9-6-3)33-35(34)29-26-23-21-19-17-14-11-8-5-2/h30,32-33H,4-29,31H2,1-3H3/q+1. The van der Waals surface area contributed by atoms with Gasteiger partial charge in [0.15, 0.2) is 12.4 Å². The van der Waals surface area contributed by atoms with Crippen LogP contribution in [0.15, 0.2) is 18.5 Å². The maximum Gasteiger partial charge on any atom is 0.172 e. The molecule has 1 aromatic heterocycles. The molecule has 0 spiro atoms. The molecule has 0 atom stereocenters. The van der Waals surface area contributed by atoms with E-state index in [9.17, 15) is 0 Å². The highest BCUT2D eigenvalue weighted by Gasteiger charge is 2.10. The third-order valence-electron chi connectivity index (χ3n) is 8.07. The van der Waals surface area contributed by atoms with Crippen LogP contribution in [0.4, 0.5) is 0 Å². The van der Waals surface area contributed by atoms with Crippen LogP contribution in [-0.4, -0.2) is 0 Å². The zero-order chi connectivity index (χ0) is 25.9. The van der Waals surface area contributed by atoms with Gasteiger partial charge in [0.2, 0.25) is 0 Å². The fourth-order valence-corrected chi connectivity index (χ4v) is 5.55. The quantitative estimate of drug-likeness (QED) is 0.0835. The topological polar surface area (TPSA) is 3.88 Å². The Hall–Kier alpha value is -0.850. The Labute approximate surface area is 228 Å². The normalized spacial score (nSPS) is 11.4. The maximum absolute atomic E-state index is 2.53. The summed E-state index contributed by atoms with van der Waals surface area (Å²) in [5, 5.41) is 0. The molecule has 0 aliphatic heterocycles. The molecular formula is C35H66N+. The van der Waals surface area contributed by atoms with Crippen LogP contribution in [0, 0.1) is 0 Å². The van der Waals surface area contributed by atoms with E-state index in [0.717, 1.165) is 0 Å². The Morgan fingerprint density at radius 3 is 1.22 bits per heavy atom. The van der Waals surface area contributed by atoms with Gasteiger partial charge in [-0.3, -0.25) is 0 Å². The number of nitrogens with zero attached hydrogens (tertiary/aromatic N) is 1. The largest absolute Gasteiger partial charge is 0.205 e. The predicted molar refractivity (Wildman–Crippen MR) is 162 cm³/mol. The molecule has 1 aromatic rings. The first-order valence-electron chi connectivity index (χ1n) is 16.8. The summed E-state index contributed by atoms with van der Waals surface area (Å²) in [6.07, 6.45) is 41.4. The zero-order valence-corrected chi connectivity index (χ0v) is 25.3. The predicted octanol–water partition coefficient (Wildman–Crippen LogP) is 11.5. The van der Waals surface area contributed by atoms with E-state index in [1.807, 2.05) is 0 Å². The molecule has 210 valence electrons. The lowest BCUT2D eigenvalue weighted by atomic mass is 9.97. The summed E-state index contributed by atoms with van der Waals surface area (Å²) in [5.74, 6) is 0. The Morgan fingerprint density at radius 1 is 0.417 bits per heavy atom. The van der Waals surface area contributed by atoms with Crippen molar-refractivity contribution in [3.63, 3.8) is 0 Å². The molecule has 0 bridgehead atoms. The minimum Gasteiger partial charge on any atom is -0.205 e. The van der Waals surface area contributed by atoms with Crippen LogP contribution in [0.3, 0.4) is 0 Å². The SMILES string of the molecule is CCCCCCCCCCCc1cc[n+](CCCCCCCC)cc1CCCCCCCCCCC. The van der Waals surface area contributed by atoms with Crippen LogP contribution in [0.1, 0.15) is 186 Å². The molecule has 0 fully saturated rings. The number of aromatic nitrogens is 1. The van der Waals surface area contributed by atoms with E-state index in [1.165, 1.54) is 173 Å². The highest BCUT2D eigenvalue weighted by atomic mass is 14.9. The second kappa shape index (κ2) is 25.8. The Bertz CT molecular complexity index is 578. The van der Waals surface area contributed by atoms with Gasteiger partial charge >= 0.3 is 0 Å². The Kier molecular flexibility index (Phi) is 23.8. The summed E-state index contributed by atoms with van der Waals surface area (Å²) in [7, 11) is 0. The fraction of sp³-hybridized carbons (Fsp3) is 0.857. The van der Waals surface area contributed by atoms with Gasteiger partial charge in [0.05, 0.1) is 0 Å². The fourth-order valence-electron chi connectivity index (χ4n) is 5.55. The lowest BCUT2D eigenvalue weighted by molar-refractivity contribution is -0.697. The first-order chi connectivity index (χ1) is 17.8. The van der Waals surface area contributed by atoms with E-state index < -0.39 is 0 Å². The second-order valence-corrected chi connectivity index (χ2v) is 11.7. The number of hydrogen-bond acceptors (Lipinski definition) is 0. The molecule has 0 aromatic carbocycles. The highest BCUT2D eigenvalue weighted by Crippen LogP contribution is 2.17. The van der Waals surface area contributed by atoms with Crippen molar-refractivity contribution in [1.29, 1.82) is 0 Å². The van der Waals surface area contributed by atoms with Crippen LogP contribution >= 0.6 is 0 Å². The monoisotopic (exact) mass is 501 g/mol. The number of pyridine rings is 1. The van der Waals surface area contributed by atoms with Gasteiger partial charge in [-0.15, -0.1) is 0 Å². The van der Waals surface area contributed by atoms with Crippen molar-refractivity contribution in [3.8, 4) is 0 Å². The average molecular weight is 501 g/mol. The van der Waals surface area contributed by atoms with Crippen molar-refractivity contribution in [1.82, 2.24) is 0 Å². The van der Waals surface area contributed by atoms with Gasteiger partial charge in [-0.25, -0.2) is 4.57 Å². The highest BCUT2D eigenvalue weighted by molar-refractivity contribution is 5.21. The summed E-state index contributed by atoms with van der Waals surface area (Å²) in [5.41, 5.74) is 3.31. The summed E-state index contributed by atoms with van der Waals surface area (Å²) >= 11 is 0. The van der Waals surface area contributed by atoms with E-state index >= 15 is 0 Å². The van der Waals surface area contributed by atoms with E-state index in [0.29, 0.717) is 0 Å². The van der Waals surface area contributed by atoms with Crippen molar-refractivity contribution >= 4 is 0 Å². The number of unbranched alkanes of at least 4 members (excludes halogenated alkanes) is 21. The second-order valence-electron chi connectivity index (χ2n) is 11.7. The molecule has 36 heavy (non-hydrogen) atoms. The molecule has 1 rings (SSSR count). The summed E-state index contributed by atoms with van der Waals surface area (Å²) in [6, 6.07) is 2.48. The third kappa shape index (κ3) is 19.3. The van der Waals surface area contributed by atoms with Crippen molar-refractivity contribution < 1.29 is 4.57 Å². The van der Waals surface area contributed by atoms with Gasteiger partial charge < -0.3 is 0 Å². The van der Waals surface area contributed by atoms with Crippen LogP contribution in [-0.2, 0) is 19.4 Å². The van der Waals surface area contributed by atoms with E-state index in [4.69, 9.17) is 0 Å². The zero-order valence-electron chi connectivity index (χ0n) is 25.3. The first-order valence-corrected chi connectivity index (χ1v) is 16.8. The van der Waals surface area contributed by atoms with Gasteiger partial charge in [0.25, 0.3) is 0 Å². The van der Waals surface area contributed by atoms with Crippen LogP contribution in [0.25, 0.3) is 0 Å². The average Bonchev–Trinajstić information content (AvgIpc) is 2.89. The molecule has 1 nitrogen and oxygen atoms in total. The molecular weight excluding hydrogens is 434 g/mol. The lowest BCUT2D eigenvalue weighted by Gasteiger charge is -2.10. The molecule has 0 aliphatic carbocycles. The summed E-state index contributed by atoms with van der Waals surface area (Å²) in [6.45, 7) is 8.13. The Morgan fingerprint density at radius 2 is 0.778 bits per heavy atom. The van der Waals surface area contributed by atoms with Crippen molar-refractivity contribution in [2.24, 2.45) is 0 Å². The van der Waals surface area contributed by atoms with Crippen molar-refractivity contribution in [3.05, 3.63) is 29.6 Å². The molecule has 0 saturated carbocycles. The van der Waals surface area contributed by atoms with Gasteiger partial charge in [-0.05, 0) is 37.7 Å². The van der Waals surface area contributed by atoms with Crippen LogP contribution < -0.4 is 4.57 Å². The molecule has 1 heterocycles. The number of aryl methyl sites for hydroxylation is 3. The Balaban J connectivity index is 2.39. The van der Waals surface area contributed by atoms with E-state index in [2.05, 4.69) is 43.8 Å². The molecule has 0 amide bonds. The molecule has 0 unspecified atom stereocenters. The van der Waals surface area contributed by atoms with Gasteiger partial charge in [0.1, 0.15) is 6.54 Å². The molecule has 0 saturated heterocycles. The maximum atomic E-state index is 2.53. The third-order valence-corrected chi connectivity index (χ3v) is 8.07. The van der Waals surface area contributed by atoms with Crippen molar-refractivity contribution in [2.75, 3.05) is 0 Å². The first kappa shape index (κ1) is 33.2. The minimum atomic E-state index is 1.20. The number of hydrogen-bond donors (Lipinski definition) is 0. The molecule has 0 N–H and O–H groups in total. The van der Waals surface area contributed by atoms with Crippen molar-refractivity contribution in [2.45, 2.75) is 194 Å². The molecule has 0 radical (unpaired) electrons. The summed E-state index contributed by atoms with van der Waals surface area (Å²) in [4.78, 5) is 0. The van der Waals surface area contributed by atoms with Gasteiger partial charge in [0, 0.05) is 18.1 Å². The number of rotatable bonds is 27. The van der Waals surface area contributed by atoms with Crippen LogP contribution in [0.5, 0.6) is 0 Å². The van der Waals surface area contributed by atoms with E-state index in [-0.39, 0.29) is 0 Å². The van der Waals surface area contributed by atoms with E-state index in [1.54, 1.807) is 11.1 Å². The smallest absolute Gasteiger partial charge is 0.172 e. The lowest BCUT2D eigenvalue weighted by Crippen LogP contribution is -2.34. The van der Waals surface area contributed by atoms with Gasteiger partial charge in [-0.1, -0.05) is 149 Å². The summed E-state index contributed by atoms with van der Waals surface area (Å²) < 4.78 is 2.50. The van der Waals surface area contributed by atoms with Crippen LogP contribution in [0.2, 0.25) is 0 Å². The molecule has 1 heteroatoms. The van der Waals surface area contributed by atoms with Gasteiger partial charge in [-0.2, -0.15) is 0 Å².